The Morgan fingerprint density at radius 2 is 1.91 bits per heavy atom. The monoisotopic (exact) mass is 460 g/mol. The highest BCUT2D eigenvalue weighted by atomic mass is 32.2. The predicted molar refractivity (Wildman–Crippen MR) is 114 cm³/mol. The van der Waals surface area contributed by atoms with E-state index in [2.05, 4.69) is 10.3 Å². The molecule has 1 fully saturated rings. The summed E-state index contributed by atoms with van der Waals surface area (Å²) in [6.07, 6.45) is 5.83. The highest BCUT2D eigenvalue weighted by Gasteiger charge is 2.33. The molecule has 168 valence electrons. The molecular weight excluding hydrogens is 438 g/mol. The van der Waals surface area contributed by atoms with Crippen molar-refractivity contribution in [3.8, 4) is 0 Å². The minimum absolute atomic E-state index is 0.0526. The fourth-order valence-electron chi connectivity index (χ4n) is 3.76. The summed E-state index contributed by atoms with van der Waals surface area (Å²) in [7, 11) is -4.17. The molecule has 1 amide bonds. The number of hydrogen-bond acceptors (Lipinski definition) is 4. The third kappa shape index (κ3) is 4.86. The van der Waals surface area contributed by atoms with Gasteiger partial charge in [0.1, 0.15) is 16.5 Å². The van der Waals surface area contributed by atoms with Crippen LogP contribution >= 0.6 is 0 Å². The van der Waals surface area contributed by atoms with Crippen LogP contribution in [0.5, 0.6) is 0 Å². The Labute approximate surface area is 184 Å². The molecular formula is C22H22F2N4O3S. The summed E-state index contributed by atoms with van der Waals surface area (Å²) in [6, 6.07) is 9.82. The number of nitrogens with zero attached hydrogens (tertiary/aromatic N) is 3. The molecule has 0 atom stereocenters. The molecule has 7 nitrogen and oxygen atoms in total. The third-order valence-corrected chi connectivity index (χ3v) is 7.37. The minimum Gasteiger partial charge on any atom is -0.333 e. The molecule has 0 spiro atoms. The van der Waals surface area contributed by atoms with Gasteiger partial charge in [-0.05, 0) is 48.7 Å². The molecule has 1 aromatic heterocycles. The number of imidazole rings is 1. The van der Waals surface area contributed by atoms with Gasteiger partial charge in [0, 0.05) is 43.6 Å². The molecule has 10 heteroatoms. The lowest BCUT2D eigenvalue weighted by molar-refractivity contribution is -0.120. The maximum Gasteiger partial charge on any atom is 0.246 e. The second-order valence-corrected chi connectivity index (χ2v) is 9.58. The minimum atomic E-state index is -4.17. The number of amides is 1. The van der Waals surface area contributed by atoms with Gasteiger partial charge in [0.05, 0.1) is 6.33 Å². The van der Waals surface area contributed by atoms with Crippen molar-refractivity contribution in [3.05, 3.63) is 78.4 Å². The summed E-state index contributed by atoms with van der Waals surface area (Å²) < 4.78 is 55.9. The first-order valence-electron chi connectivity index (χ1n) is 10.1. The average molecular weight is 461 g/mol. The van der Waals surface area contributed by atoms with Gasteiger partial charge in [0.25, 0.3) is 0 Å². The van der Waals surface area contributed by atoms with Gasteiger partial charge in [-0.1, -0.05) is 12.1 Å². The third-order valence-electron chi connectivity index (χ3n) is 5.45. The molecule has 32 heavy (non-hydrogen) atoms. The molecule has 1 saturated heterocycles. The van der Waals surface area contributed by atoms with E-state index in [-0.39, 0.29) is 37.8 Å². The van der Waals surface area contributed by atoms with Crippen LogP contribution < -0.4 is 5.32 Å². The number of sulfonamides is 1. The van der Waals surface area contributed by atoms with Crippen molar-refractivity contribution in [3.63, 3.8) is 0 Å². The van der Waals surface area contributed by atoms with Crippen molar-refractivity contribution in [2.45, 2.75) is 24.3 Å². The first-order chi connectivity index (χ1) is 15.3. The Kier molecular flexibility index (Phi) is 6.33. The summed E-state index contributed by atoms with van der Waals surface area (Å²) in [5, 5.41) is 2.89. The van der Waals surface area contributed by atoms with Crippen molar-refractivity contribution in [1.29, 1.82) is 0 Å². The van der Waals surface area contributed by atoms with Crippen molar-refractivity contribution in [2.24, 2.45) is 5.92 Å². The zero-order chi connectivity index (χ0) is 22.7. The molecule has 0 radical (unpaired) electrons. The molecule has 3 aromatic rings. The molecule has 2 aromatic carbocycles. The van der Waals surface area contributed by atoms with Crippen molar-refractivity contribution in [1.82, 2.24) is 13.9 Å². The van der Waals surface area contributed by atoms with Crippen LogP contribution in [0.1, 0.15) is 18.4 Å². The number of halogens is 2. The number of nitrogens with one attached hydrogen (secondary N) is 1. The zero-order valence-corrected chi connectivity index (χ0v) is 17.9. The van der Waals surface area contributed by atoms with Crippen LogP contribution in [-0.4, -0.2) is 41.3 Å². The maximum absolute atomic E-state index is 14.0. The van der Waals surface area contributed by atoms with Gasteiger partial charge in [-0.25, -0.2) is 22.2 Å². The normalized spacial score (nSPS) is 15.6. The molecule has 0 unspecified atom stereocenters. The summed E-state index contributed by atoms with van der Waals surface area (Å²) in [6.45, 7) is 0.727. The van der Waals surface area contributed by atoms with E-state index < -0.39 is 26.6 Å². The van der Waals surface area contributed by atoms with Crippen LogP contribution in [0.15, 0.2) is 66.1 Å². The topological polar surface area (TPSA) is 84.3 Å². The van der Waals surface area contributed by atoms with E-state index in [1.807, 2.05) is 29.0 Å². The molecule has 0 saturated carbocycles. The summed E-state index contributed by atoms with van der Waals surface area (Å²) in [5.41, 5.74) is 1.66. The van der Waals surface area contributed by atoms with Gasteiger partial charge in [0.2, 0.25) is 15.9 Å². The van der Waals surface area contributed by atoms with Gasteiger partial charge in [0.15, 0.2) is 0 Å². The number of carbonyl (C=O) groups excluding carboxylic acids is 1. The second kappa shape index (κ2) is 9.17. The fourth-order valence-corrected chi connectivity index (χ4v) is 5.30. The number of hydrogen-bond donors (Lipinski definition) is 1. The lowest BCUT2D eigenvalue weighted by Gasteiger charge is -2.30. The fraction of sp³-hybridized carbons (Fsp3) is 0.273. The SMILES string of the molecule is O=C(Nc1cccc(Cn2ccnc2)c1)C1CCN(S(=O)(=O)c2cc(F)ccc2F)CC1. The van der Waals surface area contributed by atoms with Crippen molar-refractivity contribution in [2.75, 3.05) is 18.4 Å². The first kappa shape index (κ1) is 22.1. The van der Waals surface area contributed by atoms with E-state index in [9.17, 15) is 22.0 Å². The van der Waals surface area contributed by atoms with E-state index in [0.717, 1.165) is 22.0 Å². The quantitative estimate of drug-likeness (QED) is 0.612. The largest absolute Gasteiger partial charge is 0.333 e. The van der Waals surface area contributed by atoms with Crippen LogP contribution in [0.2, 0.25) is 0 Å². The molecule has 1 aliphatic heterocycles. The summed E-state index contributed by atoms with van der Waals surface area (Å²) in [4.78, 5) is 16.0. The van der Waals surface area contributed by atoms with E-state index in [1.165, 1.54) is 0 Å². The molecule has 4 rings (SSSR count). The Morgan fingerprint density at radius 1 is 1.12 bits per heavy atom. The summed E-state index contributed by atoms with van der Waals surface area (Å²) in [5.74, 6) is -2.40. The highest BCUT2D eigenvalue weighted by molar-refractivity contribution is 7.89. The van der Waals surface area contributed by atoms with Crippen LogP contribution in [-0.2, 0) is 21.4 Å². The molecule has 2 heterocycles. The van der Waals surface area contributed by atoms with E-state index in [0.29, 0.717) is 18.3 Å². The smallest absolute Gasteiger partial charge is 0.246 e. The van der Waals surface area contributed by atoms with E-state index in [1.54, 1.807) is 18.6 Å². The number of benzene rings is 2. The van der Waals surface area contributed by atoms with E-state index in [4.69, 9.17) is 0 Å². The average Bonchev–Trinajstić information content (AvgIpc) is 3.28. The van der Waals surface area contributed by atoms with Gasteiger partial charge in [-0.15, -0.1) is 0 Å². The zero-order valence-electron chi connectivity index (χ0n) is 17.1. The van der Waals surface area contributed by atoms with Gasteiger partial charge in [-0.2, -0.15) is 4.31 Å². The lowest BCUT2D eigenvalue weighted by atomic mass is 9.97. The Balaban J connectivity index is 1.37. The molecule has 1 N–H and O–H groups in total. The standard InChI is InChI=1S/C22H22F2N4O3S/c23-18-4-5-20(24)21(13-18)32(30,31)28-9-6-17(7-10-28)22(29)26-19-3-1-2-16(12-19)14-27-11-8-25-15-27/h1-5,8,11-13,15,17H,6-7,9-10,14H2,(H,26,29). The Hall–Kier alpha value is -3.11. The highest BCUT2D eigenvalue weighted by Crippen LogP contribution is 2.27. The van der Waals surface area contributed by atoms with Gasteiger partial charge >= 0.3 is 0 Å². The molecule has 1 aliphatic rings. The Morgan fingerprint density at radius 3 is 2.62 bits per heavy atom. The number of carbonyl (C=O) groups is 1. The summed E-state index contributed by atoms with van der Waals surface area (Å²) >= 11 is 0. The number of rotatable bonds is 6. The van der Waals surface area contributed by atoms with Crippen LogP contribution in [0.25, 0.3) is 0 Å². The first-order valence-corrected chi connectivity index (χ1v) is 11.6. The van der Waals surface area contributed by atoms with Gasteiger partial charge < -0.3 is 9.88 Å². The second-order valence-electron chi connectivity index (χ2n) is 7.68. The number of aromatic nitrogens is 2. The van der Waals surface area contributed by atoms with Crippen LogP contribution in [0, 0.1) is 17.6 Å². The Bertz CT molecular complexity index is 1210. The number of anilines is 1. The number of piperidine rings is 1. The maximum atomic E-state index is 14.0. The van der Waals surface area contributed by atoms with Crippen molar-refractivity contribution >= 4 is 21.6 Å². The van der Waals surface area contributed by atoms with Crippen LogP contribution in [0.3, 0.4) is 0 Å². The van der Waals surface area contributed by atoms with Gasteiger partial charge in [-0.3, -0.25) is 4.79 Å². The van der Waals surface area contributed by atoms with E-state index >= 15 is 0 Å². The lowest BCUT2D eigenvalue weighted by Crippen LogP contribution is -2.41. The molecule has 0 aliphatic carbocycles. The van der Waals surface area contributed by atoms with Crippen molar-refractivity contribution < 1.29 is 22.0 Å². The predicted octanol–water partition coefficient (Wildman–Crippen LogP) is 3.25. The van der Waals surface area contributed by atoms with Crippen LogP contribution in [0.4, 0.5) is 14.5 Å². The molecule has 0 bridgehead atoms.